The molecule has 2 N–H and O–H groups in total. The first-order valence-corrected chi connectivity index (χ1v) is 8.63. The highest BCUT2D eigenvalue weighted by atomic mass is 127. The first-order chi connectivity index (χ1) is 12.0. The fourth-order valence-corrected chi connectivity index (χ4v) is 2.22. The van der Waals surface area contributed by atoms with Gasteiger partial charge in [-0.1, -0.05) is 31.1 Å². The molecule has 0 bridgehead atoms. The van der Waals surface area contributed by atoms with Gasteiger partial charge in [0, 0.05) is 19.7 Å². The smallest absolute Gasteiger partial charge is 0.191 e. The van der Waals surface area contributed by atoms with Gasteiger partial charge in [0.25, 0.3) is 0 Å². The molecule has 0 atom stereocenters. The molecule has 1 heterocycles. The Morgan fingerprint density at radius 3 is 2.31 bits per heavy atom. The Morgan fingerprint density at radius 1 is 1.12 bits per heavy atom. The predicted molar refractivity (Wildman–Crippen MR) is 115 cm³/mol. The van der Waals surface area contributed by atoms with Crippen LogP contribution in [0.4, 0.5) is 0 Å². The number of guanidine groups is 1. The number of halogens is 1. The van der Waals surface area contributed by atoms with Gasteiger partial charge in [-0.05, 0) is 37.5 Å². The third-order valence-electron chi connectivity index (χ3n) is 3.58. The van der Waals surface area contributed by atoms with E-state index in [0.29, 0.717) is 25.0 Å². The number of hydrogen-bond donors (Lipinski definition) is 2. The van der Waals surface area contributed by atoms with Crippen LogP contribution in [0.3, 0.4) is 0 Å². The lowest BCUT2D eigenvalue weighted by molar-refractivity contribution is 0.242. The minimum atomic E-state index is 0. The van der Waals surface area contributed by atoms with Crippen molar-refractivity contribution >= 4 is 29.9 Å². The zero-order valence-electron chi connectivity index (χ0n) is 16.1. The summed E-state index contributed by atoms with van der Waals surface area (Å²) < 4.78 is 11.0. The number of nitrogens with zero attached hydrogens (tertiary/aromatic N) is 2. The number of hydrogen-bond acceptors (Lipinski definition) is 4. The Labute approximate surface area is 172 Å². The molecule has 0 saturated heterocycles. The molecular formula is C19H29IN4O2. The highest BCUT2D eigenvalue weighted by Gasteiger charge is 2.08. The molecule has 0 unspecified atom stereocenters. The fourth-order valence-electron chi connectivity index (χ4n) is 2.22. The van der Waals surface area contributed by atoms with Crippen molar-refractivity contribution in [3.63, 3.8) is 0 Å². The van der Waals surface area contributed by atoms with E-state index in [0.717, 1.165) is 22.8 Å². The largest absolute Gasteiger partial charge is 0.491 e. The zero-order chi connectivity index (χ0) is 18.2. The summed E-state index contributed by atoms with van der Waals surface area (Å²) in [6.45, 7) is 9.43. The van der Waals surface area contributed by atoms with Gasteiger partial charge in [0.15, 0.2) is 11.7 Å². The third kappa shape index (κ3) is 7.23. The minimum absolute atomic E-state index is 0. The van der Waals surface area contributed by atoms with Gasteiger partial charge in [0.2, 0.25) is 0 Å². The van der Waals surface area contributed by atoms with Crippen LogP contribution >= 0.6 is 24.0 Å². The second kappa shape index (κ2) is 11.1. The quantitative estimate of drug-likeness (QED) is 0.361. The van der Waals surface area contributed by atoms with Crippen molar-refractivity contribution in [1.82, 2.24) is 15.8 Å². The summed E-state index contributed by atoms with van der Waals surface area (Å²) in [5.41, 5.74) is 2.12. The van der Waals surface area contributed by atoms with Crippen LogP contribution in [0.2, 0.25) is 0 Å². The number of ether oxygens (including phenoxy) is 1. The monoisotopic (exact) mass is 472 g/mol. The van der Waals surface area contributed by atoms with E-state index in [-0.39, 0.29) is 30.1 Å². The first-order valence-electron chi connectivity index (χ1n) is 8.63. The van der Waals surface area contributed by atoms with Crippen LogP contribution in [-0.2, 0) is 13.1 Å². The van der Waals surface area contributed by atoms with Crippen LogP contribution in [0.15, 0.2) is 39.8 Å². The molecular weight excluding hydrogens is 443 g/mol. The Bertz CT molecular complexity index is 681. The van der Waals surface area contributed by atoms with E-state index in [2.05, 4.69) is 34.6 Å². The molecule has 1 aromatic carbocycles. The van der Waals surface area contributed by atoms with Crippen molar-refractivity contribution in [1.29, 1.82) is 0 Å². The Hall–Kier alpha value is -1.77. The minimum Gasteiger partial charge on any atom is -0.491 e. The van der Waals surface area contributed by atoms with E-state index < -0.39 is 0 Å². The normalized spacial score (nSPS) is 11.4. The number of rotatable bonds is 7. The summed E-state index contributed by atoms with van der Waals surface area (Å²) in [6.07, 6.45) is 0.180. The average molecular weight is 472 g/mol. The second-order valence-corrected chi connectivity index (χ2v) is 6.46. The van der Waals surface area contributed by atoms with E-state index in [1.165, 1.54) is 0 Å². The predicted octanol–water partition coefficient (Wildman–Crippen LogP) is 4.07. The van der Waals surface area contributed by atoms with E-state index >= 15 is 0 Å². The summed E-state index contributed by atoms with van der Waals surface area (Å²) in [6, 6.07) is 10.0. The van der Waals surface area contributed by atoms with E-state index in [4.69, 9.17) is 9.26 Å². The van der Waals surface area contributed by atoms with E-state index in [9.17, 15) is 0 Å². The number of aromatic nitrogens is 1. The molecule has 0 saturated carbocycles. The maximum absolute atomic E-state index is 5.65. The highest BCUT2D eigenvalue weighted by molar-refractivity contribution is 14.0. The molecule has 0 aliphatic heterocycles. The van der Waals surface area contributed by atoms with Crippen molar-refractivity contribution in [2.24, 2.45) is 4.99 Å². The summed E-state index contributed by atoms with van der Waals surface area (Å²) in [5.74, 6) is 2.75. The van der Waals surface area contributed by atoms with Gasteiger partial charge in [-0.2, -0.15) is 0 Å². The van der Waals surface area contributed by atoms with Crippen molar-refractivity contribution in [3.8, 4) is 5.75 Å². The lowest BCUT2D eigenvalue weighted by Gasteiger charge is -2.12. The lowest BCUT2D eigenvalue weighted by Crippen LogP contribution is -2.36. The molecule has 6 nitrogen and oxygen atoms in total. The van der Waals surface area contributed by atoms with Crippen LogP contribution in [0.5, 0.6) is 5.75 Å². The summed E-state index contributed by atoms with van der Waals surface area (Å²) in [7, 11) is 1.74. The molecule has 0 amide bonds. The molecule has 2 aromatic rings. The van der Waals surface area contributed by atoms with Gasteiger partial charge in [-0.25, -0.2) is 0 Å². The van der Waals surface area contributed by atoms with Gasteiger partial charge in [0.1, 0.15) is 5.75 Å². The number of aliphatic imine (C=N–C) groups is 1. The zero-order valence-corrected chi connectivity index (χ0v) is 18.4. The Balaban J connectivity index is 0.00000338. The molecule has 0 aliphatic rings. The molecule has 0 fully saturated rings. The van der Waals surface area contributed by atoms with Crippen LogP contribution in [0, 0.1) is 0 Å². The van der Waals surface area contributed by atoms with Gasteiger partial charge in [-0.15, -0.1) is 24.0 Å². The number of benzene rings is 1. The maximum atomic E-state index is 5.65. The molecule has 7 heteroatoms. The van der Waals surface area contributed by atoms with Crippen molar-refractivity contribution in [2.45, 2.75) is 52.8 Å². The van der Waals surface area contributed by atoms with Crippen molar-refractivity contribution in [2.75, 3.05) is 7.05 Å². The summed E-state index contributed by atoms with van der Waals surface area (Å²) >= 11 is 0. The molecule has 26 heavy (non-hydrogen) atoms. The standard InChI is InChI=1S/C19H28N4O2.HI/c1-13(2)18-10-17(25-23-18)12-22-19(20-5)21-11-15-6-8-16(9-7-15)24-14(3)4;/h6-10,13-14H,11-12H2,1-5H3,(H2,20,21,22);1H. The van der Waals surface area contributed by atoms with Gasteiger partial charge < -0.3 is 19.9 Å². The van der Waals surface area contributed by atoms with Crippen LogP contribution in [0.25, 0.3) is 0 Å². The Kier molecular flexibility index (Phi) is 9.47. The molecule has 2 rings (SSSR count). The van der Waals surface area contributed by atoms with Crippen LogP contribution in [-0.4, -0.2) is 24.3 Å². The number of nitrogens with one attached hydrogen (secondary N) is 2. The lowest BCUT2D eigenvalue weighted by atomic mass is 10.1. The maximum Gasteiger partial charge on any atom is 0.191 e. The fraction of sp³-hybridized carbons (Fsp3) is 0.474. The topological polar surface area (TPSA) is 71.7 Å². The first kappa shape index (κ1) is 22.3. The Morgan fingerprint density at radius 2 is 1.77 bits per heavy atom. The van der Waals surface area contributed by atoms with Crippen molar-refractivity contribution < 1.29 is 9.26 Å². The van der Waals surface area contributed by atoms with Crippen molar-refractivity contribution in [3.05, 3.63) is 47.3 Å². The highest BCUT2D eigenvalue weighted by Crippen LogP contribution is 2.14. The molecule has 0 aliphatic carbocycles. The summed E-state index contributed by atoms with van der Waals surface area (Å²) in [4.78, 5) is 4.22. The molecule has 144 valence electrons. The van der Waals surface area contributed by atoms with Gasteiger partial charge in [0.05, 0.1) is 18.3 Å². The van der Waals surface area contributed by atoms with E-state index in [1.54, 1.807) is 7.05 Å². The van der Waals surface area contributed by atoms with Crippen LogP contribution < -0.4 is 15.4 Å². The van der Waals surface area contributed by atoms with Crippen LogP contribution in [0.1, 0.15) is 50.6 Å². The SMILES string of the molecule is CN=C(NCc1ccc(OC(C)C)cc1)NCc1cc(C(C)C)no1.I. The molecule has 0 spiro atoms. The average Bonchev–Trinajstić information content (AvgIpc) is 3.05. The molecule has 1 aromatic heterocycles. The second-order valence-electron chi connectivity index (χ2n) is 6.46. The van der Waals surface area contributed by atoms with Gasteiger partial charge in [-0.3, -0.25) is 4.99 Å². The molecule has 0 radical (unpaired) electrons. The third-order valence-corrected chi connectivity index (χ3v) is 3.58. The van der Waals surface area contributed by atoms with E-state index in [1.807, 2.05) is 44.2 Å². The summed E-state index contributed by atoms with van der Waals surface area (Å²) in [5, 5.41) is 10.6. The van der Waals surface area contributed by atoms with Gasteiger partial charge >= 0.3 is 0 Å².